The molecule has 1 N–H and O–H groups in total. The molecule has 0 aromatic heterocycles. The summed E-state index contributed by atoms with van der Waals surface area (Å²) in [5.74, 6) is -0.426. The van der Waals surface area contributed by atoms with Crippen molar-refractivity contribution in [1.82, 2.24) is 4.90 Å². The van der Waals surface area contributed by atoms with E-state index in [9.17, 15) is 14.7 Å². The number of hydrogen-bond donors (Lipinski definition) is 1. The largest absolute Gasteiger partial charge is 0.480 e. The molecule has 2 heterocycles. The van der Waals surface area contributed by atoms with E-state index in [0.29, 0.717) is 18.7 Å². The minimum Gasteiger partial charge on any atom is -0.480 e. The minimum absolute atomic E-state index is 0.0372. The lowest BCUT2D eigenvalue weighted by atomic mass is 9.95. The van der Waals surface area contributed by atoms with Gasteiger partial charge in [0.2, 0.25) is 5.91 Å². The number of fused-ring (bicyclic) bond motifs is 1. The second-order valence-corrected chi connectivity index (χ2v) is 6.64. The molecule has 4 nitrogen and oxygen atoms in total. The molecule has 3 rings (SSSR count). The van der Waals surface area contributed by atoms with Crippen LogP contribution in [0, 0.1) is 0 Å². The number of nitrogens with zero attached hydrogens (tertiary/aromatic N) is 1. The van der Waals surface area contributed by atoms with E-state index in [1.165, 1.54) is 0 Å². The van der Waals surface area contributed by atoms with Gasteiger partial charge in [0.25, 0.3) is 0 Å². The van der Waals surface area contributed by atoms with Crippen molar-refractivity contribution in [3.05, 3.63) is 29.8 Å². The number of aliphatic carboxylic acids is 1. The number of rotatable bonds is 2. The fourth-order valence-electron chi connectivity index (χ4n) is 3.09. The van der Waals surface area contributed by atoms with Crippen LogP contribution in [0.5, 0.6) is 0 Å². The average molecular weight is 291 g/mol. The van der Waals surface area contributed by atoms with Gasteiger partial charge in [0.05, 0.1) is 5.92 Å². The number of benzene rings is 1. The van der Waals surface area contributed by atoms with Crippen LogP contribution in [-0.2, 0) is 9.59 Å². The number of carboxylic acids is 1. The topological polar surface area (TPSA) is 57.6 Å². The fraction of sp³-hybridized carbons (Fsp3) is 0.467. The molecule has 0 spiro atoms. The van der Waals surface area contributed by atoms with E-state index in [0.717, 1.165) is 16.9 Å². The third-order valence-corrected chi connectivity index (χ3v) is 5.55. The maximum atomic E-state index is 12.8. The second-order valence-electron chi connectivity index (χ2n) is 5.57. The summed E-state index contributed by atoms with van der Waals surface area (Å²) in [7, 11) is 0. The summed E-state index contributed by atoms with van der Waals surface area (Å²) in [6, 6.07) is 7.90. The summed E-state index contributed by atoms with van der Waals surface area (Å²) >= 11 is 1.68. The van der Waals surface area contributed by atoms with E-state index in [1.807, 2.05) is 24.3 Å². The predicted molar refractivity (Wildman–Crippen MR) is 76.9 cm³/mol. The van der Waals surface area contributed by atoms with E-state index >= 15 is 0 Å². The number of likely N-dealkylation sites (tertiary alicyclic amines) is 1. The molecule has 2 aliphatic rings. The molecule has 5 heteroatoms. The summed E-state index contributed by atoms with van der Waals surface area (Å²) in [5.41, 5.74) is 0.00127. The molecule has 1 aromatic rings. The molecule has 0 aliphatic carbocycles. The molecule has 2 unspecified atom stereocenters. The Morgan fingerprint density at radius 2 is 2.15 bits per heavy atom. The van der Waals surface area contributed by atoms with Crippen LogP contribution >= 0.6 is 11.8 Å². The molecule has 1 aromatic carbocycles. The lowest BCUT2D eigenvalue weighted by Crippen LogP contribution is -2.52. The van der Waals surface area contributed by atoms with Crippen LogP contribution in [0.3, 0.4) is 0 Å². The van der Waals surface area contributed by atoms with Crippen LogP contribution in [0.1, 0.15) is 31.2 Å². The minimum atomic E-state index is -1.04. The normalized spacial score (nSPS) is 28.4. The van der Waals surface area contributed by atoms with Crippen LogP contribution < -0.4 is 0 Å². The maximum Gasteiger partial charge on any atom is 0.329 e. The molecule has 106 valence electrons. The van der Waals surface area contributed by atoms with Crippen LogP contribution in [0.2, 0.25) is 0 Å². The molecule has 1 saturated heterocycles. The molecule has 2 aliphatic heterocycles. The summed E-state index contributed by atoms with van der Waals surface area (Å²) in [6.07, 6.45) is 1.30. The Balaban J connectivity index is 1.89. The second kappa shape index (κ2) is 4.81. The standard InChI is InChI=1S/C15H17NO3S/c1-15(14(18)19)7-4-8-16(15)13(17)11-9-20-12-6-3-2-5-10(11)12/h2-3,5-6,11H,4,7-9H2,1H3,(H,18,19). The van der Waals surface area contributed by atoms with Crippen LogP contribution in [0.15, 0.2) is 29.2 Å². The third-order valence-electron chi connectivity index (χ3n) is 4.37. The Hall–Kier alpha value is -1.49. The molecule has 2 atom stereocenters. The van der Waals surface area contributed by atoms with Gasteiger partial charge >= 0.3 is 5.97 Å². The highest BCUT2D eigenvalue weighted by atomic mass is 32.2. The van der Waals surface area contributed by atoms with Crippen molar-refractivity contribution in [1.29, 1.82) is 0 Å². The van der Waals surface area contributed by atoms with Gasteiger partial charge in [0.1, 0.15) is 5.54 Å². The number of amides is 1. The summed E-state index contributed by atoms with van der Waals surface area (Å²) in [6.45, 7) is 2.21. The molecule has 0 radical (unpaired) electrons. The van der Waals surface area contributed by atoms with E-state index < -0.39 is 11.5 Å². The maximum absolute atomic E-state index is 12.8. The fourth-order valence-corrected chi connectivity index (χ4v) is 4.31. The van der Waals surface area contributed by atoms with Crippen molar-refractivity contribution in [2.24, 2.45) is 0 Å². The van der Waals surface area contributed by atoms with Gasteiger partial charge in [0.15, 0.2) is 0 Å². The SMILES string of the molecule is CC1(C(=O)O)CCCN1C(=O)C1CSc2ccccc21. The van der Waals surface area contributed by atoms with Crippen molar-refractivity contribution in [2.45, 2.75) is 36.1 Å². The number of thioether (sulfide) groups is 1. The number of carboxylic acid groups (broad SMARTS) is 1. The Morgan fingerprint density at radius 1 is 1.40 bits per heavy atom. The molecule has 1 fully saturated rings. The summed E-state index contributed by atoms with van der Waals surface area (Å²) in [4.78, 5) is 27.0. The first kappa shape index (κ1) is 13.5. The van der Waals surface area contributed by atoms with Gasteiger partial charge in [0, 0.05) is 17.2 Å². The summed E-state index contributed by atoms with van der Waals surface area (Å²) in [5, 5.41) is 9.43. The first-order valence-electron chi connectivity index (χ1n) is 6.80. The summed E-state index contributed by atoms with van der Waals surface area (Å²) < 4.78 is 0. The first-order chi connectivity index (χ1) is 9.54. The van der Waals surface area contributed by atoms with E-state index in [1.54, 1.807) is 23.6 Å². The zero-order chi connectivity index (χ0) is 14.3. The molecular formula is C15H17NO3S. The monoisotopic (exact) mass is 291 g/mol. The number of carbonyl (C=O) groups excluding carboxylic acids is 1. The third kappa shape index (κ3) is 1.92. The smallest absolute Gasteiger partial charge is 0.329 e. The zero-order valence-electron chi connectivity index (χ0n) is 11.3. The molecule has 0 saturated carbocycles. The predicted octanol–water partition coefficient (Wildman–Crippen LogP) is 2.34. The van der Waals surface area contributed by atoms with Gasteiger partial charge in [-0.15, -0.1) is 11.8 Å². The highest BCUT2D eigenvalue weighted by Gasteiger charge is 2.48. The van der Waals surface area contributed by atoms with Gasteiger partial charge in [-0.1, -0.05) is 18.2 Å². The van der Waals surface area contributed by atoms with Crippen molar-refractivity contribution in [3.63, 3.8) is 0 Å². The van der Waals surface area contributed by atoms with Crippen molar-refractivity contribution < 1.29 is 14.7 Å². The molecule has 0 bridgehead atoms. The molecule has 1 amide bonds. The van der Waals surface area contributed by atoms with Crippen LogP contribution in [0.25, 0.3) is 0 Å². The first-order valence-corrected chi connectivity index (χ1v) is 7.79. The lowest BCUT2D eigenvalue weighted by Gasteiger charge is -2.33. The number of hydrogen-bond acceptors (Lipinski definition) is 3. The highest BCUT2D eigenvalue weighted by Crippen LogP contribution is 2.42. The van der Waals surface area contributed by atoms with Crippen molar-refractivity contribution in [2.75, 3.05) is 12.3 Å². The Kier molecular flexibility index (Phi) is 3.24. The van der Waals surface area contributed by atoms with Crippen molar-refractivity contribution in [3.8, 4) is 0 Å². The average Bonchev–Trinajstić information content (AvgIpc) is 3.02. The lowest BCUT2D eigenvalue weighted by molar-refractivity contribution is -0.155. The van der Waals surface area contributed by atoms with E-state index in [2.05, 4.69) is 0 Å². The van der Waals surface area contributed by atoms with Gasteiger partial charge in [-0.3, -0.25) is 4.79 Å². The molecule has 20 heavy (non-hydrogen) atoms. The Labute approximate surface area is 122 Å². The Morgan fingerprint density at radius 3 is 2.90 bits per heavy atom. The quantitative estimate of drug-likeness (QED) is 0.908. The van der Waals surface area contributed by atoms with Gasteiger partial charge in [-0.2, -0.15) is 0 Å². The zero-order valence-corrected chi connectivity index (χ0v) is 12.2. The van der Waals surface area contributed by atoms with Gasteiger partial charge in [-0.05, 0) is 31.4 Å². The van der Waals surface area contributed by atoms with E-state index in [4.69, 9.17) is 0 Å². The van der Waals surface area contributed by atoms with Crippen LogP contribution in [-0.4, -0.2) is 39.7 Å². The van der Waals surface area contributed by atoms with E-state index in [-0.39, 0.29) is 11.8 Å². The molecular weight excluding hydrogens is 274 g/mol. The van der Waals surface area contributed by atoms with Gasteiger partial charge < -0.3 is 10.0 Å². The highest BCUT2D eigenvalue weighted by molar-refractivity contribution is 7.99. The number of carbonyl (C=O) groups is 2. The Bertz CT molecular complexity index is 574. The van der Waals surface area contributed by atoms with Crippen LogP contribution in [0.4, 0.5) is 0 Å². The van der Waals surface area contributed by atoms with Gasteiger partial charge in [-0.25, -0.2) is 4.79 Å². The van der Waals surface area contributed by atoms with Crippen molar-refractivity contribution >= 4 is 23.6 Å².